The average molecular weight is 303 g/mol. The molecular weight excluding hydrogens is 278 g/mol. The lowest BCUT2D eigenvalue weighted by atomic mass is 10.1. The van der Waals surface area contributed by atoms with Crippen LogP contribution < -0.4 is 10.2 Å². The highest BCUT2D eigenvalue weighted by Gasteiger charge is 2.17. The van der Waals surface area contributed by atoms with Crippen molar-refractivity contribution in [3.05, 3.63) is 24.0 Å². The van der Waals surface area contributed by atoms with E-state index in [0.717, 1.165) is 44.8 Å². The van der Waals surface area contributed by atoms with Crippen LogP contribution in [0.15, 0.2) is 18.3 Å². The number of rotatable bonds is 3. The molecule has 1 N–H and O–H groups in total. The Morgan fingerprint density at radius 3 is 2.50 bits per heavy atom. The molecule has 1 saturated heterocycles. The van der Waals surface area contributed by atoms with Gasteiger partial charge in [-0.25, -0.2) is 4.98 Å². The number of anilines is 1. The maximum Gasteiger partial charge on any atom is 0.270 e. The zero-order valence-electron chi connectivity index (χ0n) is 13.1. The number of hydrogen-bond acceptors (Lipinski definition) is 4. The number of amides is 1. The van der Waals surface area contributed by atoms with Crippen molar-refractivity contribution in [1.82, 2.24) is 10.3 Å². The highest BCUT2D eigenvalue weighted by Crippen LogP contribution is 2.18. The molecule has 2 heterocycles. The Labute approximate surface area is 132 Å². The molecule has 1 amide bonds. The van der Waals surface area contributed by atoms with E-state index in [4.69, 9.17) is 4.74 Å². The van der Waals surface area contributed by atoms with E-state index in [1.165, 1.54) is 25.7 Å². The maximum atomic E-state index is 12.3. The zero-order chi connectivity index (χ0) is 15.2. The van der Waals surface area contributed by atoms with Crippen LogP contribution in [-0.4, -0.2) is 43.2 Å². The number of hydrogen-bond donors (Lipinski definition) is 1. The van der Waals surface area contributed by atoms with Gasteiger partial charge in [0.1, 0.15) is 5.69 Å². The number of carbonyl (C=O) groups is 1. The summed E-state index contributed by atoms with van der Waals surface area (Å²) in [5.41, 5.74) is 1.58. The molecule has 0 spiro atoms. The van der Waals surface area contributed by atoms with E-state index in [9.17, 15) is 4.79 Å². The summed E-state index contributed by atoms with van der Waals surface area (Å²) in [6.45, 7) is 3.28. The molecule has 22 heavy (non-hydrogen) atoms. The number of ether oxygens (including phenoxy) is 1. The number of morpholine rings is 1. The summed E-state index contributed by atoms with van der Waals surface area (Å²) in [5.74, 6) is -0.0413. The van der Waals surface area contributed by atoms with Gasteiger partial charge in [-0.15, -0.1) is 0 Å². The summed E-state index contributed by atoms with van der Waals surface area (Å²) in [6.07, 6.45) is 9.00. The second-order valence-corrected chi connectivity index (χ2v) is 6.16. The van der Waals surface area contributed by atoms with E-state index < -0.39 is 0 Å². The molecule has 0 aromatic carbocycles. The average Bonchev–Trinajstić information content (AvgIpc) is 2.84. The number of aromatic nitrogens is 1. The Bertz CT molecular complexity index is 475. The van der Waals surface area contributed by atoms with Gasteiger partial charge in [0.15, 0.2) is 0 Å². The minimum atomic E-state index is -0.0413. The van der Waals surface area contributed by atoms with Crippen LogP contribution >= 0.6 is 0 Å². The van der Waals surface area contributed by atoms with E-state index in [0.29, 0.717) is 11.7 Å². The molecule has 0 atom stereocenters. The fourth-order valence-electron chi connectivity index (χ4n) is 3.21. The molecule has 2 fully saturated rings. The molecule has 1 saturated carbocycles. The van der Waals surface area contributed by atoms with Crippen molar-refractivity contribution in [3.8, 4) is 0 Å². The summed E-state index contributed by atoms with van der Waals surface area (Å²) in [4.78, 5) is 18.9. The van der Waals surface area contributed by atoms with Gasteiger partial charge in [0.2, 0.25) is 0 Å². The molecule has 1 aromatic heterocycles. The molecule has 0 unspecified atom stereocenters. The SMILES string of the molecule is O=C(NC1CCCCCC1)c1ccc(N2CCOCC2)cn1. The monoisotopic (exact) mass is 303 g/mol. The van der Waals surface area contributed by atoms with E-state index in [2.05, 4.69) is 15.2 Å². The first kappa shape index (κ1) is 15.3. The van der Waals surface area contributed by atoms with Crippen molar-refractivity contribution in [2.24, 2.45) is 0 Å². The van der Waals surface area contributed by atoms with Crippen molar-refractivity contribution in [2.45, 2.75) is 44.6 Å². The number of nitrogens with one attached hydrogen (secondary N) is 1. The summed E-state index contributed by atoms with van der Waals surface area (Å²) >= 11 is 0. The summed E-state index contributed by atoms with van der Waals surface area (Å²) < 4.78 is 5.35. The van der Waals surface area contributed by atoms with Crippen molar-refractivity contribution in [2.75, 3.05) is 31.2 Å². The highest BCUT2D eigenvalue weighted by molar-refractivity contribution is 5.92. The standard InChI is InChI=1S/C17H25N3O2/c21-17(19-14-5-3-1-2-4-6-14)16-8-7-15(13-18-16)20-9-11-22-12-10-20/h7-8,13-14H,1-6,9-12H2,(H,19,21). The molecule has 3 rings (SSSR count). The van der Waals surface area contributed by atoms with E-state index in [1.54, 1.807) is 6.20 Å². The van der Waals surface area contributed by atoms with Crippen LogP contribution in [0.5, 0.6) is 0 Å². The summed E-state index contributed by atoms with van der Waals surface area (Å²) in [6, 6.07) is 4.13. The lowest BCUT2D eigenvalue weighted by molar-refractivity contribution is 0.0928. The third kappa shape index (κ3) is 3.97. The Morgan fingerprint density at radius 1 is 1.14 bits per heavy atom. The summed E-state index contributed by atoms with van der Waals surface area (Å²) in [7, 11) is 0. The third-order valence-electron chi connectivity index (χ3n) is 4.55. The maximum absolute atomic E-state index is 12.3. The van der Waals surface area contributed by atoms with Gasteiger partial charge in [-0.05, 0) is 25.0 Å². The van der Waals surface area contributed by atoms with E-state index >= 15 is 0 Å². The second kappa shape index (κ2) is 7.58. The first-order valence-electron chi connectivity index (χ1n) is 8.42. The molecule has 1 aromatic rings. The molecular formula is C17H25N3O2. The van der Waals surface area contributed by atoms with Crippen LogP contribution in [0.25, 0.3) is 0 Å². The lowest BCUT2D eigenvalue weighted by Crippen LogP contribution is -2.36. The second-order valence-electron chi connectivity index (χ2n) is 6.16. The van der Waals surface area contributed by atoms with Crippen LogP contribution in [0.2, 0.25) is 0 Å². The molecule has 5 nitrogen and oxygen atoms in total. The smallest absolute Gasteiger partial charge is 0.270 e. The lowest BCUT2D eigenvalue weighted by Gasteiger charge is -2.28. The predicted octanol–water partition coefficient (Wildman–Crippen LogP) is 2.37. The molecule has 1 aliphatic carbocycles. The van der Waals surface area contributed by atoms with Gasteiger partial charge in [0, 0.05) is 19.1 Å². The quantitative estimate of drug-likeness (QED) is 0.871. The fourth-order valence-corrected chi connectivity index (χ4v) is 3.21. The van der Waals surface area contributed by atoms with E-state index in [-0.39, 0.29) is 5.91 Å². The first-order chi connectivity index (χ1) is 10.8. The predicted molar refractivity (Wildman–Crippen MR) is 86.2 cm³/mol. The number of nitrogens with zero attached hydrogens (tertiary/aromatic N) is 2. The Hall–Kier alpha value is -1.62. The molecule has 0 radical (unpaired) electrons. The Kier molecular flexibility index (Phi) is 5.27. The van der Waals surface area contributed by atoms with Gasteiger partial charge in [-0.1, -0.05) is 25.7 Å². The molecule has 120 valence electrons. The van der Waals surface area contributed by atoms with Crippen molar-refractivity contribution >= 4 is 11.6 Å². The topological polar surface area (TPSA) is 54.5 Å². The normalized spacial score (nSPS) is 20.5. The minimum absolute atomic E-state index is 0.0413. The number of carbonyl (C=O) groups excluding carboxylic acids is 1. The van der Waals surface area contributed by atoms with E-state index in [1.807, 2.05) is 12.1 Å². The molecule has 1 aliphatic heterocycles. The molecule has 5 heteroatoms. The third-order valence-corrected chi connectivity index (χ3v) is 4.55. The Balaban J connectivity index is 1.58. The van der Waals surface area contributed by atoms with Gasteiger partial charge < -0.3 is 15.0 Å². The van der Waals surface area contributed by atoms with Gasteiger partial charge in [0.05, 0.1) is 25.1 Å². The molecule has 0 bridgehead atoms. The largest absolute Gasteiger partial charge is 0.378 e. The van der Waals surface area contributed by atoms with Gasteiger partial charge in [-0.2, -0.15) is 0 Å². The molecule has 2 aliphatic rings. The van der Waals surface area contributed by atoms with Crippen LogP contribution in [0.4, 0.5) is 5.69 Å². The van der Waals surface area contributed by atoms with Gasteiger partial charge >= 0.3 is 0 Å². The fraction of sp³-hybridized carbons (Fsp3) is 0.647. The van der Waals surface area contributed by atoms with Crippen LogP contribution in [-0.2, 0) is 4.74 Å². The van der Waals surface area contributed by atoms with Crippen LogP contribution in [0, 0.1) is 0 Å². The van der Waals surface area contributed by atoms with Crippen molar-refractivity contribution in [1.29, 1.82) is 0 Å². The van der Waals surface area contributed by atoms with Crippen molar-refractivity contribution in [3.63, 3.8) is 0 Å². The van der Waals surface area contributed by atoms with Crippen LogP contribution in [0.3, 0.4) is 0 Å². The highest BCUT2D eigenvalue weighted by atomic mass is 16.5. The summed E-state index contributed by atoms with van der Waals surface area (Å²) in [5, 5.41) is 3.14. The number of pyridine rings is 1. The van der Waals surface area contributed by atoms with Gasteiger partial charge in [0.25, 0.3) is 5.91 Å². The minimum Gasteiger partial charge on any atom is -0.378 e. The van der Waals surface area contributed by atoms with Gasteiger partial charge in [-0.3, -0.25) is 4.79 Å². The van der Waals surface area contributed by atoms with Crippen molar-refractivity contribution < 1.29 is 9.53 Å². The van der Waals surface area contributed by atoms with Crippen LogP contribution in [0.1, 0.15) is 49.0 Å². The zero-order valence-corrected chi connectivity index (χ0v) is 13.1. The Morgan fingerprint density at radius 2 is 1.86 bits per heavy atom. The first-order valence-corrected chi connectivity index (χ1v) is 8.42.